The average Bonchev–Trinajstić information content (AvgIpc) is 3.17. The molecule has 0 radical (unpaired) electrons. The Balaban J connectivity index is 1.79. The molecule has 1 aliphatic rings. The van der Waals surface area contributed by atoms with E-state index in [1.807, 2.05) is 0 Å². The molecule has 4 nitrogen and oxygen atoms in total. The van der Waals surface area contributed by atoms with Gasteiger partial charge in [-0.15, -0.1) is 0 Å². The van der Waals surface area contributed by atoms with E-state index in [1.165, 1.54) is 6.07 Å². The lowest BCUT2D eigenvalue weighted by atomic mass is 9.98. The predicted octanol–water partition coefficient (Wildman–Crippen LogP) is 3.09. The largest absolute Gasteiger partial charge is 0.451 e. The van der Waals surface area contributed by atoms with Gasteiger partial charge in [0.15, 0.2) is 5.76 Å². The number of nitrogens with one attached hydrogen (secondary N) is 1. The van der Waals surface area contributed by atoms with Crippen molar-refractivity contribution in [2.75, 3.05) is 6.54 Å². The smallest absolute Gasteiger partial charge is 0.287 e. The lowest BCUT2D eigenvalue weighted by Gasteiger charge is -2.28. The number of hydrogen-bond donors (Lipinski definition) is 2. The monoisotopic (exact) mass is 302 g/mol. The quantitative estimate of drug-likeness (QED) is 0.912. The maximum atomic E-state index is 13.8. The van der Waals surface area contributed by atoms with Crippen molar-refractivity contribution >= 4 is 5.91 Å². The predicted molar refractivity (Wildman–Crippen MR) is 81.8 cm³/mol. The van der Waals surface area contributed by atoms with E-state index < -0.39 is 0 Å². The number of hydrogen-bond acceptors (Lipinski definition) is 3. The SMILES string of the molecule is NCC1(NC(=O)c2ccc(-c3ccccc3F)o2)CCCC1. The highest BCUT2D eigenvalue weighted by Gasteiger charge is 2.34. The van der Waals surface area contributed by atoms with Crippen molar-refractivity contribution in [3.63, 3.8) is 0 Å². The van der Waals surface area contributed by atoms with Gasteiger partial charge in [0.1, 0.15) is 11.6 Å². The van der Waals surface area contributed by atoms with Gasteiger partial charge < -0.3 is 15.5 Å². The van der Waals surface area contributed by atoms with Gasteiger partial charge in [0.25, 0.3) is 5.91 Å². The molecule has 1 amide bonds. The molecule has 3 N–H and O–H groups in total. The van der Waals surface area contributed by atoms with Gasteiger partial charge in [-0.05, 0) is 37.1 Å². The lowest BCUT2D eigenvalue weighted by Crippen LogP contribution is -2.51. The fourth-order valence-corrected chi connectivity index (χ4v) is 3.00. The first-order chi connectivity index (χ1) is 10.6. The third kappa shape index (κ3) is 2.76. The summed E-state index contributed by atoms with van der Waals surface area (Å²) in [6.07, 6.45) is 3.90. The molecule has 1 heterocycles. The number of carbonyl (C=O) groups excluding carboxylic acids is 1. The van der Waals surface area contributed by atoms with Crippen LogP contribution in [0.1, 0.15) is 36.2 Å². The van der Waals surface area contributed by atoms with Crippen molar-refractivity contribution in [2.45, 2.75) is 31.2 Å². The van der Waals surface area contributed by atoms with Crippen molar-refractivity contribution < 1.29 is 13.6 Å². The van der Waals surface area contributed by atoms with Crippen molar-refractivity contribution in [3.05, 3.63) is 48.0 Å². The highest BCUT2D eigenvalue weighted by molar-refractivity contribution is 5.92. The van der Waals surface area contributed by atoms with Crippen LogP contribution in [0.15, 0.2) is 40.8 Å². The second-order valence-electron chi connectivity index (χ2n) is 5.79. The number of nitrogens with two attached hydrogens (primary N) is 1. The molecule has 1 aliphatic carbocycles. The van der Waals surface area contributed by atoms with E-state index in [1.54, 1.807) is 30.3 Å². The zero-order chi connectivity index (χ0) is 15.6. The van der Waals surface area contributed by atoms with E-state index in [9.17, 15) is 9.18 Å². The molecule has 1 saturated carbocycles. The Bertz CT molecular complexity index is 675. The molecule has 5 heteroatoms. The van der Waals surface area contributed by atoms with Gasteiger partial charge in [0.2, 0.25) is 0 Å². The second kappa shape index (κ2) is 5.93. The van der Waals surface area contributed by atoms with Crippen molar-refractivity contribution in [1.29, 1.82) is 0 Å². The first kappa shape index (κ1) is 14.8. The van der Waals surface area contributed by atoms with Gasteiger partial charge in [0, 0.05) is 6.54 Å². The normalized spacial score (nSPS) is 16.6. The van der Waals surface area contributed by atoms with E-state index in [0.29, 0.717) is 17.9 Å². The first-order valence-electron chi connectivity index (χ1n) is 7.51. The molecule has 0 spiro atoms. The molecule has 116 valence electrons. The molecular weight excluding hydrogens is 283 g/mol. The Kier molecular flexibility index (Phi) is 3.98. The summed E-state index contributed by atoms with van der Waals surface area (Å²) in [5, 5.41) is 2.99. The van der Waals surface area contributed by atoms with Crippen LogP contribution in [-0.2, 0) is 0 Å². The zero-order valence-corrected chi connectivity index (χ0v) is 12.3. The third-order valence-corrected chi connectivity index (χ3v) is 4.30. The molecule has 3 rings (SSSR count). The topological polar surface area (TPSA) is 68.3 Å². The molecule has 1 aromatic heterocycles. The lowest BCUT2D eigenvalue weighted by molar-refractivity contribution is 0.0875. The van der Waals surface area contributed by atoms with E-state index in [-0.39, 0.29) is 23.0 Å². The second-order valence-corrected chi connectivity index (χ2v) is 5.79. The number of carbonyl (C=O) groups is 1. The van der Waals surface area contributed by atoms with E-state index in [4.69, 9.17) is 10.2 Å². The molecular formula is C17H19FN2O2. The summed E-state index contributed by atoms with van der Waals surface area (Å²) in [5.41, 5.74) is 5.83. The fourth-order valence-electron chi connectivity index (χ4n) is 3.00. The Morgan fingerprint density at radius 3 is 2.64 bits per heavy atom. The van der Waals surface area contributed by atoms with Gasteiger partial charge in [0.05, 0.1) is 11.1 Å². The summed E-state index contributed by atoms with van der Waals surface area (Å²) in [7, 11) is 0. The number of amides is 1. The standard InChI is InChI=1S/C17H19FN2O2/c18-13-6-2-1-5-12(13)14-7-8-15(22-14)16(21)20-17(11-19)9-3-4-10-17/h1-2,5-8H,3-4,9-11,19H2,(H,20,21). The van der Waals surface area contributed by atoms with Crippen LogP contribution in [-0.4, -0.2) is 18.0 Å². The number of benzene rings is 1. The number of halogens is 1. The molecule has 0 atom stereocenters. The molecule has 1 aromatic carbocycles. The molecule has 22 heavy (non-hydrogen) atoms. The molecule has 0 unspecified atom stereocenters. The van der Waals surface area contributed by atoms with Crippen LogP contribution in [0.3, 0.4) is 0 Å². The van der Waals surface area contributed by atoms with Crippen molar-refractivity contribution in [3.8, 4) is 11.3 Å². The zero-order valence-electron chi connectivity index (χ0n) is 12.3. The van der Waals surface area contributed by atoms with Gasteiger partial charge in [-0.3, -0.25) is 4.79 Å². The Morgan fingerprint density at radius 1 is 1.23 bits per heavy atom. The Morgan fingerprint density at radius 2 is 1.95 bits per heavy atom. The maximum absolute atomic E-state index is 13.8. The van der Waals surface area contributed by atoms with Crippen molar-refractivity contribution in [2.24, 2.45) is 5.73 Å². The number of furan rings is 1. The van der Waals surface area contributed by atoms with Crippen LogP contribution in [0.4, 0.5) is 4.39 Å². The molecule has 2 aromatic rings. The molecule has 0 bridgehead atoms. The minimum absolute atomic E-state index is 0.179. The fraction of sp³-hybridized carbons (Fsp3) is 0.353. The minimum atomic E-state index is -0.377. The van der Waals surface area contributed by atoms with Crippen LogP contribution < -0.4 is 11.1 Å². The first-order valence-corrected chi connectivity index (χ1v) is 7.51. The van der Waals surface area contributed by atoms with Crippen molar-refractivity contribution in [1.82, 2.24) is 5.32 Å². The highest BCUT2D eigenvalue weighted by atomic mass is 19.1. The summed E-state index contributed by atoms with van der Waals surface area (Å²) < 4.78 is 19.3. The molecule has 0 saturated heterocycles. The van der Waals surface area contributed by atoms with Crippen LogP contribution in [0.5, 0.6) is 0 Å². The summed E-state index contributed by atoms with van der Waals surface area (Å²) in [4.78, 5) is 12.3. The molecule has 1 fully saturated rings. The summed E-state index contributed by atoms with van der Waals surface area (Å²) in [6.45, 7) is 0.416. The van der Waals surface area contributed by atoms with Gasteiger partial charge in [-0.2, -0.15) is 0 Å². The van der Waals surface area contributed by atoms with Crippen LogP contribution in [0.2, 0.25) is 0 Å². The third-order valence-electron chi connectivity index (χ3n) is 4.30. The van der Waals surface area contributed by atoms with Crippen LogP contribution in [0.25, 0.3) is 11.3 Å². The van der Waals surface area contributed by atoms with E-state index in [0.717, 1.165) is 25.7 Å². The van der Waals surface area contributed by atoms with Gasteiger partial charge in [-0.1, -0.05) is 25.0 Å². The van der Waals surface area contributed by atoms with Gasteiger partial charge >= 0.3 is 0 Å². The minimum Gasteiger partial charge on any atom is -0.451 e. The molecule has 0 aliphatic heterocycles. The van der Waals surface area contributed by atoms with Crippen LogP contribution in [0, 0.1) is 5.82 Å². The Hall–Kier alpha value is -2.14. The number of rotatable bonds is 4. The van der Waals surface area contributed by atoms with E-state index in [2.05, 4.69) is 5.32 Å². The Labute approximate surface area is 128 Å². The summed E-state index contributed by atoms with van der Waals surface area (Å²) in [6, 6.07) is 9.49. The van der Waals surface area contributed by atoms with Gasteiger partial charge in [-0.25, -0.2) is 4.39 Å². The van der Waals surface area contributed by atoms with Crippen LogP contribution >= 0.6 is 0 Å². The highest BCUT2D eigenvalue weighted by Crippen LogP contribution is 2.30. The summed E-state index contributed by atoms with van der Waals surface area (Å²) in [5.74, 6) is -0.151. The van der Waals surface area contributed by atoms with E-state index >= 15 is 0 Å². The summed E-state index contributed by atoms with van der Waals surface area (Å²) >= 11 is 0. The maximum Gasteiger partial charge on any atom is 0.287 e. The average molecular weight is 302 g/mol.